The van der Waals surface area contributed by atoms with Gasteiger partial charge >= 0.3 is 6.61 Å². The molecule has 1 aromatic carbocycles. The summed E-state index contributed by atoms with van der Waals surface area (Å²) < 4.78 is 28.0. The third-order valence-electron chi connectivity index (χ3n) is 1.90. The van der Waals surface area contributed by atoms with E-state index in [1.165, 1.54) is 30.3 Å². The molecule has 0 atom stereocenters. The molecule has 0 bridgehead atoms. The van der Waals surface area contributed by atoms with Crippen molar-refractivity contribution >= 4 is 11.6 Å². The molecule has 0 fully saturated rings. The van der Waals surface area contributed by atoms with Gasteiger partial charge in [0.2, 0.25) is 5.91 Å². The van der Waals surface area contributed by atoms with Crippen LogP contribution in [0.15, 0.2) is 48.6 Å². The van der Waals surface area contributed by atoms with E-state index >= 15 is 0 Å². The smallest absolute Gasteiger partial charge is 0.387 e. The van der Waals surface area contributed by atoms with Crippen LogP contribution < -0.4 is 10.1 Å². The number of nitrogens with one attached hydrogen (secondary N) is 1. The number of carbonyl (C=O) groups is 1. The maximum Gasteiger partial charge on any atom is 0.387 e. The molecule has 0 radical (unpaired) electrons. The predicted octanol–water partition coefficient (Wildman–Crippen LogP) is 3.36. The summed E-state index contributed by atoms with van der Waals surface area (Å²) in [5.74, 6) is -0.247. The number of carbonyl (C=O) groups excluding carboxylic acids is 1. The Morgan fingerprint density at radius 2 is 1.94 bits per heavy atom. The lowest BCUT2D eigenvalue weighted by Crippen LogP contribution is -2.07. The Morgan fingerprint density at radius 1 is 1.28 bits per heavy atom. The van der Waals surface area contributed by atoms with E-state index in [1.54, 1.807) is 18.2 Å². The molecule has 1 N–H and O–H groups in total. The fraction of sp³-hybridized carbons (Fsp3) is 0.154. The number of amides is 1. The van der Waals surface area contributed by atoms with E-state index in [0.717, 1.165) is 0 Å². The molecule has 0 aliphatic carbocycles. The Hall–Kier alpha value is -2.17. The van der Waals surface area contributed by atoms with E-state index in [4.69, 9.17) is 0 Å². The number of benzene rings is 1. The Balaban J connectivity index is 2.55. The molecule has 0 aliphatic heterocycles. The largest absolute Gasteiger partial charge is 0.435 e. The first-order valence-corrected chi connectivity index (χ1v) is 5.27. The summed E-state index contributed by atoms with van der Waals surface area (Å²) in [7, 11) is 0. The van der Waals surface area contributed by atoms with Gasteiger partial charge in [-0.3, -0.25) is 4.79 Å². The van der Waals surface area contributed by atoms with Crippen LogP contribution in [-0.2, 0) is 4.79 Å². The lowest BCUT2D eigenvalue weighted by Gasteiger charge is -2.05. The normalized spacial score (nSPS) is 11.3. The molecule has 18 heavy (non-hydrogen) atoms. The molecule has 1 rings (SSSR count). The second kappa shape index (κ2) is 7.21. The van der Waals surface area contributed by atoms with E-state index in [2.05, 4.69) is 10.1 Å². The minimum Gasteiger partial charge on any atom is -0.435 e. The van der Waals surface area contributed by atoms with E-state index in [-0.39, 0.29) is 11.7 Å². The van der Waals surface area contributed by atoms with Crippen molar-refractivity contribution in [2.75, 3.05) is 5.32 Å². The molecule has 3 nitrogen and oxygen atoms in total. The van der Waals surface area contributed by atoms with Crippen molar-refractivity contribution in [1.29, 1.82) is 0 Å². The van der Waals surface area contributed by atoms with Gasteiger partial charge in [0.25, 0.3) is 0 Å². The van der Waals surface area contributed by atoms with Crippen molar-refractivity contribution in [3.8, 4) is 5.75 Å². The van der Waals surface area contributed by atoms with Crippen molar-refractivity contribution < 1.29 is 18.3 Å². The predicted molar refractivity (Wildman–Crippen MR) is 65.7 cm³/mol. The van der Waals surface area contributed by atoms with Gasteiger partial charge in [0.1, 0.15) is 5.75 Å². The minimum absolute atomic E-state index is 0.0486. The molecule has 0 unspecified atom stereocenters. The maximum absolute atomic E-state index is 11.9. The summed E-state index contributed by atoms with van der Waals surface area (Å²) in [5.41, 5.74) is 0.506. The lowest BCUT2D eigenvalue weighted by molar-refractivity contribution is -0.111. The third kappa shape index (κ3) is 5.25. The molecule has 0 saturated heterocycles. The van der Waals surface area contributed by atoms with Crippen LogP contribution in [0.25, 0.3) is 0 Å². The first-order valence-electron chi connectivity index (χ1n) is 5.27. The Bertz CT molecular complexity index is 439. The van der Waals surface area contributed by atoms with Gasteiger partial charge in [-0.1, -0.05) is 18.2 Å². The van der Waals surface area contributed by atoms with E-state index < -0.39 is 6.61 Å². The van der Waals surface area contributed by atoms with Crippen molar-refractivity contribution in [3.63, 3.8) is 0 Å². The van der Waals surface area contributed by atoms with Gasteiger partial charge in [0.05, 0.1) is 0 Å². The average molecular weight is 253 g/mol. The minimum atomic E-state index is -2.85. The van der Waals surface area contributed by atoms with Gasteiger partial charge in [-0.15, -0.1) is 0 Å². The number of hydrogen-bond donors (Lipinski definition) is 1. The standard InChI is InChI=1S/C13H13F2NO2/c1-2-3-4-5-12(17)16-10-6-8-11(9-7-10)18-13(14)15/h2-9,13H,1H3,(H,16,17). The highest BCUT2D eigenvalue weighted by molar-refractivity contribution is 5.99. The first-order chi connectivity index (χ1) is 8.61. The average Bonchev–Trinajstić information content (AvgIpc) is 2.31. The van der Waals surface area contributed by atoms with Crippen LogP contribution in [-0.4, -0.2) is 12.5 Å². The van der Waals surface area contributed by atoms with Crippen molar-refractivity contribution in [3.05, 3.63) is 48.6 Å². The van der Waals surface area contributed by atoms with Crippen LogP contribution in [0.1, 0.15) is 6.92 Å². The van der Waals surface area contributed by atoms with Gasteiger partial charge in [0, 0.05) is 11.8 Å². The van der Waals surface area contributed by atoms with Crippen LogP contribution >= 0.6 is 0 Å². The molecule has 0 aromatic heterocycles. The highest BCUT2D eigenvalue weighted by Gasteiger charge is 2.04. The van der Waals surface area contributed by atoms with Crippen LogP contribution in [0.2, 0.25) is 0 Å². The number of anilines is 1. The number of ether oxygens (including phenoxy) is 1. The molecule has 96 valence electrons. The number of alkyl halides is 2. The number of hydrogen-bond acceptors (Lipinski definition) is 2. The summed E-state index contributed by atoms with van der Waals surface area (Å²) >= 11 is 0. The van der Waals surface area contributed by atoms with E-state index in [0.29, 0.717) is 5.69 Å². The van der Waals surface area contributed by atoms with Crippen molar-refractivity contribution in [2.24, 2.45) is 0 Å². The number of allylic oxidation sites excluding steroid dienone is 3. The number of halogens is 2. The second-order valence-electron chi connectivity index (χ2n) is 3.28. The zero-order valence-electron chi connectivity index (χ0n) is 9.77. The highest BCUT2D eigenvalue weighted by Crippen LogP contribution is 2.17. The highest BCUT2D eigenvalue weighted by atomic mass is 19.3. The molecule has 0 aliphatic rings. The third-order valence-corrected chi connectivity index (χ3v) is 1.90. The summed E-state index contributed by atoms with van der Waals surface area (Å²) in [6.45, 7) is -1.02. The quantitative estimate of drug-likeness (QED) is 0.645. The molecular weight excluding hydrogens is 240 g/mol. The number of rotatable bonds is 5. The molecule has 1 amide bonds. The van der Waals surface area contributed by atoms with Crippen LogP contribution in [0, 0.1) is 0 Å². The van der Waals surface area contributed by atoms with Gasteiger partial charge in [-0.25, -0.2) is 0 Å². The molecule has 5 heteroatoms. The van der Waals surface area contributed by atoms with Crippen LogP contribution in [0.3, 0.4) is 0 Å². The Morgan fingerprint density at radius 3 is 2.50 bits per heavy atom. The van der Waals surface area contributed by atoms with Crippen LogP contribution in [0.5, 0.6) is 5.75 Å². The van der Waals surface area contributed by atoms with Gasteiger partial charge in [-0.05, 0) is 31.2 Å². The van der Waals surface area contributed by atoms with Crippen LogP contribution in [0.4, 0.5) is 14.5 Å². The molecular formula is C13H13F2NO2. The first kappa shape index (κ1) is 13.9. The second-order valence-corrected chi connectivity index (χ2v) is 3.28. The maximum atomic E-state index is 11.9. The SMILES string of the molecule is CC=CC=CC(=O)Nc1ccc(OC(F)F)cc1. The summed E-state index contributed by atoms with van der Waals surface area (Å²) in [4.78, 5) is 11.4. The van der Waals surface area contributed by atoms with Crippen molar-refractivity contribution in [2.45, 2.75) is 13.5 Å². The van der Waals surface area contributed by atoms with Crippen molar-refractivity contribution in [1.82, 2.24) is 0 Å². The van der Waals surface area contributed by atoms with Gasteiger partial charge < -0.3 is 10.1 Å². The zero-order valence-corrected chi connectivity index (χ0v) is 9.77. The van der Waals surface area contributed by atoms with Gasteiger partial charge in [-0.2, -0.15) is 8.78 Å². The molecule has 0 spiro atoms. The fourth-order valence-electron chi connectivity index (χ4n) is 1.16. The Kier molecular flexibility index (Phi) is 5.57. The molecule has 0 heterocycles. The molecule has 0 saturated carbocycles. The summed E-state index contributed by atoms with van der Waals surface area (Å²) in [5, 5.41) is 2.58. The van der Waals surface area contributed by atoms with Gasteiger partial charge in [0.15, 0.2) is 0 Å². The summed E-state index contributed by atoms with van der Waals surface area (Å²) in [6, 6.07) is 5.69. The lowest BCUT2D eigenvalue weighted by atomic mass is 10.3. The zero-order chi connectivity index (χ0) is 13.4. The monoisotopic (exact) mass is 253 g/mol. The molecule has 1 aromatic rings. The Labute approximate surface area is 104 Å². The van der Waals surface area contributed by atoms with E-state index in [9.17, 15) is 13.6 Å². The topological polar surface area (TPSA) is 38.3 Å². The summed E-state index contributed by atoms with van der Waals surface area (Å²) in [6.07, 6.45) is 6.48. The van der Waals surface area contributed by atoms with E-state index in [1.807, 2.05) is 6.92 Å². The fourth-order valence-corrected chi connectivity index (χ4v) is 1.16.